The molecule has 1 atom stereocenters. The summed E-state index contributed by atoms with van der Waals surface area (Å²) in [7, 11) is 0.430. The molecule has 0 heterocycles. The van der Waals surface area contributed by atoms with E-state index in [-0.39, 0.29) is 11.8 Å². The van der Waals surface area contributed by atoms with E-state index < -0.39 is 10.0 Å². The summed E-state index contributed by atoms with van der Waals surface area (Å²) in [5.74, 6) is 0.231. The molecule has 0 fully saturated rings. The molecule has 0 aliphatic rings. The molecule has 0 aromatic heterocycles. The maximum Gasteiger partial charge on any atom is 0.214 e. The van der Waals surface area contributed by atoms with Gasteiger partial charge in [-0.2, -0.15) is 0 Å². The SMILES string of the molecule is CCC(C)N(C)S(=O)(=O)CCCNC. The second-order valence-electron chi connectivity index (χ2n) is 3.55. The van der Waals surface area contributed by atoms with Crippen molar-refractivity contribution in [3.63, 3.8) is 0 Å². The lowest BCUT2D eigenvalue weighted by Crippen LogP contribution is -2.36. The van der Waals surface area contributed by atoms with Gasteiger partial charge in [0.15, 0.2) is 0 Å². The third kappa shape index (κ3) is 4.39. The Morgan fingerprint density at radius 3 is 2.43 bits per heavy atom. The first-order valence-corrected chi connectivity index (χ1v) is 6.67. The summed E-state index contributed by atoms with van der Waals surface area (Å²) in [6.45, 7) is 4.66. The second-order valence-corrected chi connectivity index (χ2v) is 5.69. The van der Waals surface area contributed by atoms with Crippen LogP contribution in [0.2, 0.25) is 0 Å². The predicted octanol–water partition coefficient (Wildman–Crippen LogP) is 0.656. The Labute approximate surface area is 87.7 Å². The lowest BCUT2D eigenvalue weighted by Gasteiger charge is -2.23. The average molecular weight is 222 g/mol. The molecule has 0 aliphatic carbocycles. The highest BCUT2D eigenvalue weighted by molar-refractivity contribution is 7.89. The van der Waals surface area contributed by atoms with Crippen LogP contribution in [0.5, 0.6) is 0 Å². The van der Waals surface area contributed by atoms with E-state index in [9.17, 15) is 8.42 Å². The monoisotopic (exact) mass is 222 g/mol. The predicted molar refractivity (Wildman–Crippen MR) is 59.8 cm³/mol. The van der Waals surface area contributed by atoms with Gasteiger partial charge < -0.3 is 5.32 Å². The lowest BCUT2D eigenvalue weighted by atomic mass is 10.3. The zero-order valence-corrected chi connectivity index (χ0v) is 10.4. The molecule has 0 saturated carbocycles. The minimum atomic E-state index is -3.05. The summed E-state index contributed by atoms with van der Waals surface area (Å²) >= 11 is 0. The van der Waals surface area contributed by atoms with Gasteiger partial charge >= 0.3 is 0 Å². The van der Waals surface area contributed by atoms with Crippen molar-refractivity contribution in [3.8, 4) is 0 Å². The number of hydrogen-bond acceptors (Lipinski definition) is 3. The Hall–Kier alpha value is -0.130. The fraction of sp³-hybridized carbons (Fsp3) is 1.00. The van der Waals surface area contributed by atoms with Gasteiger partial charge in [-0.05, 0) is 33.4 Å². The summed E-state index contributed by atoms with van der Waals surface area (Å²) in [4.78, 5) is 0. The zero-order chi connectivity index (χ0) is 11.2. The van der Waals surface area contributed by atoms with Gasteiger partial charge in [0.1, 0.15) is 0 Å². The van der Waals surface area contributed by atoms with Crippen LogP contribution in [0.25, 0.3) is 0 Å². The second kappa shape index (κ2) is 6.37. The highest BCUT2D eigenvalue weighted by atomic mass is 32.2. The lowest BCUT2D eigenvalue weighted by molar-refractivity contribution is 0.380. The summed E-state index contributed by atoms with van der Waals surface area (Å²) in [6.07, 6.45) is 1.52. The van der Waals surface area contributed by atoms with Gasteiger partial charge in [-0.3, -0.25) is 0 Å². The Balaban J connectivity index is 4.17. The standard InChI is InChI=1S/C9H22N2O2S/c1-5-9(2)11(4)14(12,13)8-6-7-10-3/h9-10H,5-8H2,1-4H3. The molecule has 0 amide bonds. The van der Waals surface area contributed by atoms with Crippen LogP contribution in [0, 0.1) is 0 Å². The third-order valence-electron chi connectivity index (χ3n) is 2.48. The van der Waals surface area contributed by atoms with E-state index in [4.69, 9.17) is 0 Å². The van der Waals surface area contributed by atoms with Crippen molar-refractivity contribution in [2.24, 2.45) is 0 Å². The summed E-state index contributed by atoms with van der Waals surface area (Å²) in [5.41, 5.74) is 0. The maximum absolute atomic E-state index is 11.7. The first-order valence-electron chi connectivity index (χ1n) is 5.06. The van der Waals surface area contributed by atoms with Gasteiger partial charge in [-0.25, -0.2) is 12.7 Å². The van der Waals surface area contributed by atoms with Crippen LogP contribution in [0.4, 0.5) is 0 Å². The molecule has 0 aromatic carbocycles. The van der Waals surface area contributed by atoms with Crippen LogP contribution < -0.4 is 5.32 Å². The number of nitrogens with one attached hydrogen (secondary N) is 1. The normalized spacial score (nSPS) is 14.6. The summed E-state index contributed by atoms with van der Waals surface area (Å²) < 4.78 is 24.9. The molecule has 0 aromatic rings. The van der Waals surface area contributed by atoms with Gasteiger partial charge in [0.2, 0.25) is 10.0 Å². The molecule has 0 bridgehead atoms. The molecular formula is C9H22N2O2S. The largest absolute Gasteiger partial charge is 0.320 e. The van der Waals surface area contributed by atoms with E-state index in [2.05, 4.69) is 5.32 Å². The van der Waals surface area contributed by atoms with Crippen molar-refractivity contribution >= 4 is 10.0 Å². The van der Waals surface area contributed by atoms with Crippen LogP contribution in [0.3, 0.4) is 0 Å². The van der Waals surface area contributed by atoms with E-state index >= 15 is 0 Å². The van der Waals surface area contributed by atoms with Crippen LogP contribution in [0.1, 0.15) is 26.7 Å². The molecule has 0 saturated heterocycles. The molecular weight excluding hydrogens is 200 g/mol. The first-order chi connectivity index (χ1) is 6.45. The van der Waals surface area contributed by atoms with E-state index in [1.807, 2.05) is 20.9 Å². The molecule has 4 nitrogen and oxygen atoms in total. The molecule has 5 heteroatoms. The van der Waals surface area contributed by atoms with Crippen molar-refractivity contribution in [2.45, 2.75) is 32.7 Å². The Kier molecular flexibility index (Phi) is 6.31. The number of nitrogens with zero attached hydrogens (tertiary/aromatic N) is 1. The molecule has 86 valence electrons. The van der Waals surface area contributed by atoms with Gasteiger partial charge in [0.05, 0.1) is 5.75 Å². The maximum atomic E-state index is 11.7. The van der Waals surface area contributed by atoms with Gasteiger partial charge in [0, 0.05) is 13.1 Å². The number of hydrogen-bond donors (Lipinski definition) is 1. The minimum Gasteiger partial charge on any atom is -0.320 e. The summed E-state index contributed by atoms with van der Waals surface area (Å²) in [6, 6.07) is 0.0922. The highest BCUT2D eigenvalue weighted by Crippen LogP contribution is 2.08. The summed E-state index contributed by atoms with van der Waals surface area (Å²) in [5, 5.41) is 2.94. The van der Waals surface area contributed by atoms with E-state index in [1.54, 1.807) is 7.05 Å². The van der Waals surface area contributed by atoms with Crippen molar-refractivity contribution < 1.29 is 8.42 Å². The van der Waals surface area contributed by atoms with E-state index in [0.29, 0.717) is 6.42 Å². The van der Waals surface area contributed by atoms with Crippen molar-refractivity contribution in [1.82, 2.24) is 9.62 Å². The van der Waals surface area contributed by atoms with Crippen LogP contribution >= 0.6 is 0 Å². The van der Waals surface area contributed by atoms with E-state index in [1.165, 1.54) is 4.31 Å². The van der Waals surface area contributed by atoms with Crippen LogP contribution in [-0.2, 0) is 10.0 Å². The third-order valence-corrected chi connectivity index (χ3v) is 4.52. The minimum absolute atomic E-state index is 0.0922. The Morgan fingerprint density at radius 1 is 1.43 bits per heavy atom. The molecule has 0 aliphatic heterocycles. The molecule has 14 heavy (non-hydrogen) atoms. The first kappa shape index (κ1) is 13.9. The van der Waals surface area contributed by atoms with Gasteiger partial charge in [-0.1, -0.05) is 6.92 Å². The van der Waals surface area contributed by atoms with E-state index in [0.717, 1.165) is 13.0 Å². The fourth-order valence-corrected chi connectivity index (χ4v) is 2.60. The quantitative estimate of drug-likeness (QED) is 0.644. The van der Waals surface area contributed by atoms with Gasteiger partial charge in [0.25, 0.3) is 0 Å². The Morgan fingerprint density at radius 2 is 2.00 bits per heavy atom. The Bertz CT molecular complexity index is 239. The number of sulfonamides is 1. The molecule has 1 unspecified atom stereocenters. The smallest absolute Gasteiger partial charge is 0.214 e. The van der Waals surface area contributed by atoms with Crippen LogP contribution in [-0.4, -0.2) is 45.2 Å². The zero-order valence-electron chi connectivity index (χ0n) is 9.58. The average Bonchev–Trinajstić information content (AvgIpc) is 2.15. The van der Waals surface area contributed by atoms with Crippen molar-refractivity contribution in [3.05, 3.63) is 0 Å². The fourth-order valence-electron chi connectivity index (χ4n) is 1.11. The van der Waals surface area contributed by atoms with Crippen LogP contribution in [0.15, 0.2) is 0 Å². The van der Waals surface area contributed by atoms with Gasteiger partial charge in [-0.15, -0.1) is 0 Å². The molecule has 0 radical (unpaired) electrons. The molecule has 1 N–H and O–H groups in total. The molecule has 0 rings (SSSR count). The van der Waals surface area contributed by atoms with Crippen molar-refractivity contribution in [2.75, 3.05) is 26.4 Å². The topological polar surface area (TPSA) is 49.4 Å². The highest BCUT2D eigenvalue weighted by Gasteiger charge is 2.21. The number of rotatable bonds is 7. The molecule has 0 spiro atoms. The van der Waals surface area contributed by atoms with Crippen molar-refractivity contribution in [1.29, 1.82) is 0 Å².